The van der Waals surface area contributed by atoms with E-state index in [1.54, 1.807) is 12.1 Å². The largest absolute Gasteiger partial charge is 0.545 e. The molecule has 0 aromatic heterocycles. The van der Waals surface area contributed by atoms with E-state index in [9.17, 15) is 9.90 Å². The number of aliphatic carboxylic acids is 1. The molecule has 1 rings (SSSR count). The Balaban J connectivity index is 3.08. The lowest BCUT2D eigenvalue weighted by Gasteiger charge is -2.14. The Hall–Kier alpha value is -1.68. The summed E-state index contributed by atoms with van der Waals surface area (Å²) in [5.74, 6) is -0.280. The number of benzene rings is 1. The molecule has 0 saturated carbocycles. The number of ether oxygens (including phenoxy) is 2. The van der Waals surface area contributed by atoms with Crippen molar-refractivity contribution in [3.8, 4) is 11.5 Å². The zero-order chi connectivity index (χ0) is 14.3. The summed E-state index contributed by atoms with van der Waals surface area (Å²) in [4.78, 5) is 10.4. The Morgan fingerprint density at radius 3 is 2.68 bits per heavy atom. The number of carboxylic acid groups (broad SMARTS) is 1. The fourth-order valence-corrected chi connectivity index (χ4v) is 1.73. The van der Waals surface area contributed by atoms with Gasteiger partial charge in [0.1, 0.15) is 0 Å². The number of hydrogen-bond donors (Lipinski definition) is 0. The standard InChI is InChI=1S/C14H17ClO4/c1-3-7-19-14-11(15)8-10(5-6-13(16)17)9-12(14)18-4-2/h5-6,8-9H,3-4,7H2,1-2H3,(H,16,17)/p-1/b6-5+. The summed E-state index contributed by atoms with van der Waals surface area (Å²) >= 11 is 6.12. The summed E-state index contributed by atoms with van der Waals surface area (Å²) in [6.45, 7) is 4.84. The molecule has 0 spiro atoms. The third-order valence-corrected chi connectivity index (χ3v) is 2.47. The van der Waals surface area contributed by atoms with Gasteiger partial charge in [-0.3, -0.25) is 0 Å². The van der Waals surface area contributed by atoms with E-state index in [0.29, 0.717) is 35.3 Å². The fraction of sp³-hybridized carbons (Fsp3) is 0.357. The van der Waals surface area contributed by atoms with Gasteiger partial charge in [-0.1, -0.05) is 24.6 Å². The van der Waals surface area contributed by atoms with Crippen LogP contribution in [0.5, 0.6) is 11.5 Å². The van der Waals surface area contributed by atoms with Crippen LogP contribution in [-0.2, 0) is 4.79 Å². The zero-order valence-electron chi connectivity index (χ0n) is 10.9. The van der Waals surface area contributed by atoms with Gasteiger partial charge in [0, 0.05) is 0 Å². The van der Waals surface area contributed by atoms with Crippen molar-refractivity contribution >= 4 is 23.6 Å². The molecule has 0 bridgehead atoms. The third-order valence-electron chi connectivity index (χ3n) is 2.19. The SMILES string of the molecule is CCCOc1c(Cl)cc(/C=C/C(=O)[O-])cc1OCC. The molecule has 0 fully saturated rings. The van der Waals surface area contributed by atoms with Crippen LogP contribution in [-0.4, -0.2) is 19.2 Å². The van der Waals surface area contributed by atoms with E-state index in [-0.39, 0.29) is 0 Å². The van der Waals surface area contributed by atoms with Crippen molar-refractivity contribution in [3.63, 3.8) is 0 Å². The maximum atomic E-state index is 10.4. The normalized spacial score (nSPS) is 10.7. The molecule has 104 valence electrons. The second-order valence-electron chi connectivity index (χ2n) is 3.76. The highest BCUT2D eigenvalue weighted by Gasteiger charge is 2.11. The first kappa shape index (κ1) is 15.4. The van der Waals surface area contributed by atoms with Crippen LogP contribution < -0.4 is 14.6 Å². The van der Waals surface area contributed by atoms with Gasteiger partial charge in [0.15, 0.2) is 11.5 Å². The highest BCUT2D eigenvalue weighted by Crippen LogP contribution is 2.37. The molecule has 4 nitrogen and oxygen atoms in total. The predicted molar refractivity (Wildman–Crippen MR) is 72.4 cm³/mol. The molecule has 0 atom stereocenters. The van der Waals surface area contributed by atoms with Gasteiger partial charge in [0.2, 0.25) is 0 Å². The van der Waals surface area contributed by atoms with Crippen molar-refractivity contribution in [3.05, 3.63) is 28.8 Å². The Kier molecular flexibility index (Phi) is 6.22. The molecule has 0 heterocycles. The first-order chi connectivity index (χ1) is 9.08. The first-order valence-electron chi connectivity index (χ1n) is 6.06. The minimum atomic E-state index is -1.26. The van der Waals surface area contributed by atoms with E-state index < -0.39 is 5.97 Å². The summed E-state index contributed by atoms with van der Waals surface area (Å²) in [6.07, 6.45) is 3.19. The molecule has 1 aromatic carbocycles. The van der Waals surface area contributed by atoms with Crippen LogP contribution in [0.15, 0.2) is 18.2 Å². The van der Waals surface area contributed by atoms with Crippen LogP contribution in [0, 0.1) is 0 Å². The zero-order valence-corrected chi connectivity index (χ0v) is 11.7. The second-order valence-corrected chi connectivity index (χ2v) is 4.17. The summed E-state index contributed by atoms with van der Waals surface area (Å²) < 4.78 is 11.0. The number of rotatable bonds is 7. The maximum Gasteiger partial charge on any atom is 0.179 e. The molecule has 0 aliphatic heterocycles. The lowest BCUT2D eigenvalue weighted by Crippen LogP contribution is -2.18. The minimum Gasteiger partial charge on any atom is -0.545 e. The molecule has 0 radical (unpaired) electrons. The van der Waals surface area contributed by atoms with Gasteiger partial charge in [0.05, 0.1) is 24.2 Å². The monoisotopic (exact) mass is 283 g/mol. The van der Waals surface area contributed by atoms with Crippen molar-refractivity contribution in [1.82, 2.24) is 0 Å². The van der Waals surface area contributed by atoms with E-state index in [1.165, 1.54) is 6.08 Å². The molecular weight excluding hydrogens is 268 g/mol. The summed E-state index contributed by atoms with van der Waals surface area (Å²) in [7, 11) is 0. The quantitative estimate of drug-likeness (QED) is 0.721. The highest BCUT2D eigenvalue weighted by molar-refractivity contribution is 6.32. The van der Waals surface area contributed by atoms with E-state index in [2.05, 4.69) is 0 Å². The van der Waals surface area contributed by atoms with Gasteiger partial charge in [-0.05, 0) is 37.1 Å². The Labute approximate surface area is 117 Å². The number of carbonyl (C=O) groups is 1. The molecule has 5 heteroatoms. The molecule has 0 unspecified atom stereocenters. The summed E-state index contributed by atoms with van der Waals surface area (Å²) in [5, 5.41) is 10.8. The van der Waals surface area contributed by atoms with Crippen LogP contribution in [0.1, 0.15) is 25.8 Å². The maximum absolute atomic E-state index is 10.4. The number of carbonyl (C=O) groups excluding carboxylic acids is 1. The average Bonchev–Trinajstić information content (AvgIpc) is 2.36. The lowest BCUT2D eigenvalue weighted by molar-refractivity contribution is -0.297. The molecule has 1 aromatic rings. The van der Waals surface area contributed by atoms with E-state index in [4.69, 9.17) is 21.1 Å². The Bertz CT molecular complexity index is 469. The molecule has 0 N–H and O–H groups in total. The van der Waals surface area contributed by atoms with Crippen LogP contribution in [0.4, 0.5) is 0 Å². The van der Waals surface area contributed by atoms with Gasteiger partial charge >= 0.3 is 0 Å². The molecular formula is C14H16ClO4-. The smallest absolute Gasteiger partial charge is 0.179 e. The average molecular weight is 284 g/mol. The Morgan fingerprint density at radius 2 is 2.11 bits per heavy atom. The number of halogens is 1. The van der Waals surface area contributed by atoms with Gasteiger partial charge in [-0.25, -0.2) is 0 Å². The van der Waals surface area contributed by atoms with Gasteiger partial charge in [0.25, 0.3) is 0 Å². The Morgan fingerprint density at radius 1 is 1.37 bits per heavy atom. The number of hydrogen-bond acceptors (Lipinski definition) is 4. The van der Waals surface area contributed by atoms with Gasteiger partial charge < -0.3 is 19.4 Å². The van der Waals surface area contributed by atoms with Gasteiger partial charge in [-0.2, -0.15) is 0 Å². The lowest BCUT2D eigenvalue weighted by atomic mass is 10.2. The predicted octanol–water partition coefficient (Wildman–Crippen LogP) is 2.29. The highest BCUT2D eigenvalue weighted by atomic mass is 35.5. The van der Waals surface area contributed by atoms with E-state index in [1.807, 2.05) is 13.8 Å². The third kappa shape index (κ3) is 4.83. The van der Waals surface area contributed by atoms with Crippen molar-refractivity contribution in [1.29, 1.82) is 0 Å². The van der Waals surface area contributed by atoms with Crippen molar-refractivity contribution in [2.24, 2.45) is 0 Å². The molecule has 0 aliphatic rings. The van der Waals surface area contributed by atoms with Crippen molar-refractivity contribution < 1.29 is 19.4 Å². The minimum absolute atomic E-state index is 0.386. The molecule has 19 heavy (non-hydrogen) atoms. The van der Waals surface area contributed by atoms with E-state index in [0.717, 1.165) is 12.5 Å². The fourth-order valence-electron chi connectivity index (χ4n) is 1.46. The topological polar surface area (TPSA) is 58.6 Å². The van der Waals surface area contributed by atoms with Crippen molar-refractivity contribution in [2.45, 2.75) is 20.3 Å². The molecule has 0 saturated heterocycles. The number of carboxylic acids is 1. The summed E-state index contributed by atoms with van der Waals surface area (Å²) in [6, 6.07) is 3.30. The van der Waals surface area contributed by atoms with E-state index >= 15 is 0 Å². The van der Waals surface area contributed by atoms with Crippen LogP contribution in [0.3, 0.4) is 0 Å². The van der Waals surface area contributed by atoms with Crippen LogP contribution in [0.2, 0.25) is 5.02 Å². The van der Waals surface area contributed by atoms with Crippen LogP contribution >= 0.6 is 11.6 Å². The molecule has 0 aliphatic carbocycles. The van der Waals surface area contributed by atoms with Gasteiger partial charge in [-0.15, -0.1) is 0 Å². The summed E-state index contributed by atoms with van der Waals surface area (Å²) in [5.41, 5.74) is 0.612. The van der Waals surface area contributed by atoms with Crippen molar-refractivity contribution in [2.75, 3.05) is 13.2 Å². The first-order valence-corrected chi connectivity index (χ1v) is 6.44. The van der Waals surface area contributed by atoms with Crippen LogP contribution in [0.25, 0.3) is 6.08 Å². The molecule has 0 amide bonds. The second kappa shape index (κ2) is 7.69.